The molecule has 0 atom stereocenters. The number of benzene rings is 8. The van der Waals surface area contributed by atoms with Crippen LogP contribution in [-0.2, 0) is 10.8 Å². The molecule has 62 heavy (non-hydrogen) atoms. The van der Waals surface area contributed by atoms with Gasteiger partial charge < -0.3 is 9.32 Å². The SMILES string of the molecule is C=CC1=C(/C=C\C)c2cc(N(c3ccc(-c4ccc(-c5ccc(C(C)(C)C)cc5)cc4)cc3)c3ccc4ccccc4c3-c3cccc4c3oc3ccccc34)ccc2C1(C)C. The Morgan fingerprint density at radius 3 is 1.84 bits per heavy atom. The first-order valence-corrected chi connectivity index (χ1v) is 21.7. The minimum atomic E-state index is -0.173. The third-order valence-electron chi connectivity index (χ3n) is 13.0. The van der Waals surface area contributed by atoms with E-state index >= 15 is 0 Å². The topological polar surface area (TPSA) is 16.4 Å². The highest BCUT2D eigenvalue weighted by atomic mass is 16.3. The molecule has 1 aromatic heterocycles. The van der Waals surface area contributed by atoms with Gasteiger partial charge in [-0.25, -0.2) is 0 Å². The molecule has 0 fully saturated rings. The molecule has 1 heterocycles. The van der Waals surface area contributed by atoms with Crippen LogP contribution in [0.2, 0.25) is 0 Å². The van der Waals surface area contributed by atoms with Crippen LogP contribution in [0, 0.1) is 0 Å². The smallest absolute Gasteiger partial charge is 0.143 e. The predicted octanol–water partition coefficient (Wildman–Crippen LogP) is 17.3. The van der Waals surface area contributed by atoms with Crippen molar-refractivity contribution in [1.82, 2.24) is 0 Å². The summed E-state index contributed by atoms with van der Waals surface area (Å²) >= 11 is 0. The molecule has 0 N–H and O–H groups in total. The van der Waals surface area contributed by atoms with Crippen molar-refractivity contribution in [3.8, 4) is 33.4 Å². The van der Waals surface area contributed by atoms with Gasteiger partial charge in [-0.3, -0.25) is 0 Å². The standard InChI is InChI=1S/C60H51NO/c1-8-15-48-52-38-46(35-36-54(52)60(6,7)53(48)9-2)61(45-33-28-42(29-34-45)40-24-22-39(23-25-40)41-26-31-44(32-27-41)59(3,4)5)55-37-30-43-16-10-11-17-47(43)57(55)51-20-14-19-50-49-18-12-13-21-56(49)62-58(50)51/h8-38H,2H2,1,3-7H3/b15-8-. The molecule has 10 rings (SSSR count). The summed E-state index contributed by atoms with van der Waals surface area (Å²) in [6.45, 7) is 17.8. The minimum Gasteiger partial charge on any atom is -0.455 e. The number of hydrogen-bond donors (Lipinski definition) is 0. The van der Waals surface area contributed by atoms with Crippen molar-refractivity contribution in [3.05, 3.63) is 217 Å². The lowest BCUT2D eigenvalue weighted by Crippen LogP contribution is -2.16. The van der Waals surface area contributed by atoms with Gasteiger partial charge in [0.05, 0.1) is 5.69 Å². The number of nitrogens with zero attached hydrogens (tertiary/aromatic N) is 1. The summed E-state index contributed by atoms with van der Waals surface area (Å²) < 4.78 is 6.76. The Balaban J connectivity index is 1.15. The van der Waals surface area contributed by atoms with E-state index in [1.54, 1.807) is 0 Å². The fourth-order valence-corrected chi connectivity index (χ4v) is 9.70. The lowest BCUT2D eigenvalue weighted by molar-refractivity contribution is 0.590. The van der Waals surface area contributed by atoms with E-state index in [2.05, 4.69) is 229 Å². The summed E-state index contributed by atoms with van der Waals surface area (Å²) in [5, 5.41) is 4.57. The Kier molecular flexibility index (Phi) is 9.49. The molecule has 0 saturated carbocycles. The van der Waals surface area contributed by atoms with Crippen LogP contribution in [0.1, 0.15) is 58.2 Å². The van der Waals surface area contributed by atoms with Crippen LogP contribution in [0.3, 0.4) is 0 Å². The number of allylic oxidation sites excluding steroid dienone is 5. The summed E-state index contributed by atoms with van der Waals surface area (Å²) in [4.78, 5) is 2.43. The summed E-state index contributed by atoms with van der Waals surface area (Å²) in [7, 11) is 0. The lowest BCUT2D eigenvalue weighted by Gasteiger charge is -2.30. The van der Waals surface area contributed by atoms with Crippen LogP contribution in [0.25, 0.3) is 71.7 Å². The molecule has 0 spiro atoms. The Bertz CT molecular complexity index is 3240. The van der Waals surface area contributed by atoms with Gasteiger partial charge in [-0.1, -0.05) is 193 Å². The summed E-state index contributed by atoms with van der Waals surface area (Å²) in [6, 6.07) is 62.1. The Labute approximate surface area is 365 Å². The van der Waals surface area contributed by atoms with Gasteiger partial charge in [-0.15, -0.1) is 0 Å². The lowest BCUT2D eigenvalue weighted by atomic mass is 9.81. The first-order valence-electron chi connectivity index (χ1n) is 21.7. The second-order valence-electron chi connectivity index (χ2n) is 18.1. The highest BCUT2D eigenvalue weighted by Crippen LogP contribution is 2.52. The van der Waals surface area contributed by atoms with E-state index in [1.807, 2.05) is 12.1 Å². The average Bonchev–Trinajstić information content (AvgIpc) is 3.77. The molecule has 2 heteroatoms. The molecule has 0 bridgehead atoms. The summed E-state index contributed by atoms with van der Waals surface area (Å²) in [5.74, 6) is 0. The third kappa shape index (κ3) is 6.50. The quantitative estimate of drug-likeness (QED) is 0.152. The van der Waals surface area contributed by atoms with Crippen molar-refractivity contribution in [3.63, 3.8) is 0 Å². The fraction of sp³-hybridized carbons (Fsp3) is 0.133. The number of fused-ring (bicyclic) bond motifs is 5. The molecule has 0 amide bonds. The number of anilines is 3. The highest BCUT2D eigenvalue weighted by molar-refractivity contribution is 6.15. The molecule has 2 nitrogen and oxygen atoms in total. The van der Waals surface area contributed by atoms with Crippen molar-refractivity contribution in [2.45, 2.75) is 52.4 Å². The number of para-hydroxylation sites is 2. The molecule has 0 radical (unpaired) electrons. The van der Waals surface area contributed by atoms with Gasteiger partial charge in [-0.05, 0) is 110 Å². The van der Waals surface area contributed by atoms with Gasteiger partial charge in [0.25, 0.3) is 0 Å². The van der Waals surface area contributed by atoms with E-state index in [-0.39, 0.29) is 10.8 Å². The second kappa shape index (κ2) is 15.1. The van der Waals surface area contributed by atoms with Gasteiger partial charge in [0, 0.05) is 38.7 Å². The van der Waals surface area contributed by atoms with Crippen molar-refractivity contribution in [1.29, 1.82) is 0 Å². The maximum Gasteiger partial charge on any atom is 0.143 e. The molecule has 0 saturated heterocycles. The number of hydrogen-bond acceptors (Lipinski definition) is 2. The number of furan rings is 1. The summed E-state index contributed by atoms with van der Waals surface area (Å²) in [6.07, 6.45) is 6.41. The molecule has 8 aromatic carbocycles. The second-order valence-corrected chi connectivity index (χ2v) is 18.1. The highest BCUT2D eigenvalue weighted by Gasteiger charge is 2.36. The van der Waals surface area contributed by atoms with E-state index in [4.69, 9.17) is 4.42 Å². The van der Waals surface area contributed by atoms with Crippen LogP contribution in [0.5, 0.6) is 0 Å². The molecule has 0 unspecified atom stereocenters. The monoisotopic (exact) mass is 801 g/mol. The summed E-state index contributed by atoms with van der Waals surface area (Å²) in [5.41, 5.74) is 18.3. The predicted molar refractivity (Wildman–Crippen MR) is 266 cm³/mol. The average molecular weight is 802 g/mol. The van der Waals surface area contributed by atoms with Crippen molar-refractivity contribution >= 4 is 55.3 Å². The molecule has 1 aliphatic rings. The van der Waals surface area contributed by atoms with Crippen LogP contribution >= 0.6 is 0 Å². The van der Waals surface area contributed by atoms with E-state index in [0.29, 0.717) is 0 Å². The van der Waals surface area contributed by atoms with Crippen LogP contribution in [-0.4, -0.2) is 0 Å². The van der Waals surface area contributed by atoms with E-state index in [0.717, 1.165) is 50.1 Å². The minimum absolute atomic E-state index is 0.126. The first-order chi connectivity index (χ1) is 30.0. The van der Waals surface area contributed by atoms with E-state index in [9.17, 15) is 0 Å². The van der Waals surface area contributed by atoms with Crippen molar-refractivity contribution < 1.29 is 4.42 Å². The van der Waals surface area contributed by atoms with Gasteiger partial charge in [0.15, 0.2) is 0 Å². The van der Waals surface area contributed by atoms with Gasteiger partial charge >= 0.3 is 0 Å². The third-order valence-corrected chi connectivity index (χ3v) is 13.0. The molecule has 9 aromatic rings. The zero-order valence-electron chi connectivity index (χ0n) is 36.5. The largest absolute Gasteiger partial charge is 0.455 e. The molecule has 0 aliphatic heterocycles. The Hall–Kier alpha value is -7.16. The molecular formula is C60H51NO. The van der Waals surface area contributed by atoms with Crippen LogP contribution in [0.4, 0.5) is 17.1 Å². The molecular weight excluding hydrogens is 751 g/mol. The number of rotatable bonds is 8. The van der Waals surface area contributed by atoms with Gasteiger partial charge in [-0.2, -0.15) is 0 Å². The van der Waals surface area contributed by atoms with Gasteiger partial charge in [0.2, 0.25) is 0 Å². The van der Waals surface area contributed by atoms with Crippen molar-refractivity contribution in [2.24, 2.45) is 0 Å². The van der Waals surface area contributed by atoms with E-state index < -0.39 is 0 Å². The maximum absolute atomic E-state index is 6.76. The zero-order chi connectivity index (χ0) is 42.8. The Morgan fingerprint density at radius 2 is 1.18 bits per heavy atom. The normalized spacial score (nSPS) is 13.7. The van der Waals surface area contributed by atoms with Crippen LogP contribution in [0.15, 0.2) is 205 Å². The first kappa shape index (κ1) is 39.0. The maximum atomic E-state index is 6.76. The van der Waals surface area contributed by atoms with E-state index in [1.165, 1.54) is 60.9 Å². The molecule has 1 aliphatic carbocycles. The fourth-order valence-electron chi connectivity index (χ4n) is 9.70. The Morgan fingerprint density at radius 1 is 0.581 bits per heavy atom. The van der Waals surface area contributed by atoms with Crippen molar-refractivity contribution in [2.75, 3.05) is 4.90 Å². The van der Waals surface area contributed by atoms with Gasteiger partial charge in [0.1, 0.15) is 11.2 Å². The van der Waals surface area contributed by atoms with Crippen LogP contribution < -0.4 is 4.90 Å². The zero-order valence-corrected chi connectivity index (χ0v) is 36.5. The molecule has 302 valence electrons.